The molecule has 0 saturated heterocycles. The fourth-order valence-electron chi connectivity index (χ4n) is 1.08. The summed E-state index contributed by atoms with van der Waals surface area (Å²) in [4.78, 5) is 0. The van der Waals surface area contributed by atoms with E-state index in [2.05, 4.69) is 21.4 Å². The van der Waals surface area contributed by atoms with Crippen molar-refractivity contribution in [2.75, 3.05) is 0 Å². The van der Waals surface area contributed by atoms with Gasteiger partial charge >= 0.3 is 6.18 Å². The van der Waals surface area contributed by atoms with Crippen molar-refractivity contribution in [1.29, 1.82) is 0 Å². The molecule has 0 fully saturated rings. The first kappa shape index (κ1) is 11.5. The number of nitrogens with two attached hydrogens (primary N) is 1. The Kier molecular flexibility index (Phi) is 3.52. The van der Waals surface area contributed by atoms with Gasteiger partial charge in [0.05, 0.1) is 5.56 Å². The van der Waals surface area contributed by atoms with E-state index >= 15 is 0 Å². The highest BCUT2D eigenvalue weighted by atomic mass is 79.9. The Labute approximate surface area is 87.4 Å². The van der Waals surface area contributed by atoms with Crippen LogP contribution < -0.4 is 11.3 Å². The molecular formula is C8H8BrF3N2. The van der Waals surface area contributed by atoms with Gasteiger partial charge in [0.25, 0.3) is 0 Å². The molecule has 0 aromatic heterocycles. The Morgan fingerprint density at radius 3 is 2.50 bits per heavy atom. The number of hydrazine groups is 1. The van der Waals surface area contributed by atoms with Gasteiger partial charge in [-0.15, -0.1) is 0 Å². The molecule has 0 spiro atoms. The Balaban J connectivity index is 3.16. The SMILES string of the molecule is NNCc1ccc(Br)cc1C(F)(F)F. The highest BCUT2D eigenvalue weighted by Crippen LogP contribution is 2.33. The monoisotopic (exact) mass is 268 g/mol. The van der Waals surface area contributed by atoms with Crippen LogP contribution in [0.4, 0.5) is 13.2 Å². The molecule has 0 heterocycles. The van der Waals surface area contributed by atoms with Crippen LogP contribution in [0.25, 0.3) is 0 Å². The van der Waals surface area contributed by atoms with Crippen LogP contribution in [0.1, 0.15) is 11.1 Å². The molecule has 1 rings (SSSR count). The summed E-state index contributed by atoms with van der Waals surface area (Å²) >= 11 is 2.99. The molecule has 3 N–H and O–H groups in total. The lowest BCUT2D eigenvalue weighted by atomic mass is 10.1. The van der Waals surface area contributed by atoms with E-state index in [0.29, 0.717) is 4.47 Å². The van der Waals surface area contributed by atoms with Crippen molar-refractivity contribution in [2.45, 2.75) is 12.7 Å². The van der Waals surface area contributed by atoms with Crippen LogP contribution in [0.3, 0.4) is 0 Å². The van der Waals surface area contributed by atoms with Crippen molar-refractivity contribution in [3.63, 3.8) is 0 Å². The van der Waals surface area contributed by atoms with E-state index in [9.17, 15) is 13.2 Å². The quantitative estimate of drug-likeness (QED) is 0.639. The van der Waals surface area contributed by atoms with Gasteiger partial charge in [0.2, 0.25) is 0 Å². The fraction of sp³-hybridized carbons (Fsp3) is 0.250. The zero-order valence-electron chi connectivity index (χ0n) is 7.03. The first-order valence-electron chi connectivity index (χ1n) is 3.74. The lowest BCUT2D eigenvalue weighted by Crippen LogP contribution is -2.23. The van der Waals surface area contributed by atoms with Crippen LogP contribution in [0, 0.1) is 0 Å². The number of hydrogen-bond acceptors (Lipinski definition) is 2. The van der Waals surface area contributed by atoms with Gasteiger partial charge in [-0.05, 0) is 17.7 Å². The van der Waals surface area contributed by atoms with Crippen LogP contribution in [0.5, 0.6) is 0 Å². The number of nitrogens with one attached hydrogen (secondary N) is 1. The zero-order chi connectivity index (χ0) is 10.8. The lowest BCUT2D eigenvalue weighted by Gasteiger charge is -2.12. The summed E-state index contributed by atoms with van der Waals surface area (Å²) in [6.45, 7) is -0.0118. The summed E-state index contributed by atoms with van der Waals surface area (Å²) in [5, 5.41) is 0. The summed E-state index contributed by atoms with van der Waals surface area (Å²) in [7, 11) is 0. The smallest absolute Gasteiger partial charge is 0.271 e. The minimum Gasteiger partial charge on any atom is -0.271 e. The molecular weight excluding hydrogens is 261 g/mol. The van der Waals surface area contributed by atoms with Crippen LogP contribution in [0.15, 0.2) is 22.7 Å². The third-order valence-corrected chi connectivity index (χ3v) is 2.16. The fourth-order valence-corrected chi connectivity index (χ4v) is 1.44. The normalized spacial score (nSPS) is 11.8. The van der Waals surface area contributed by atoms with Crippen LogP contribution in [0.2, 0.25) is 0 Å². The van der Waals surface area contributed by atoms with Crippen molar-refractivity contribution >= 4 is 15.9 Å². The molecule has 0 aliphatic rings. The average Bonchev–Trinajstić information content (AvgIpc) is 2.07. The molecule has 2 nitrogen and oxygen atoms in total. The van der Waals surface area contributed by atoms with E-state index in [-0.39, 0.29) is 12.1 Å². The maximum atomic E-state index is 12.5. The molecule has 1 aromatic rings. The van der Waals surface area contributed by atoms with Gasteiger partial charge in [-0.2, -0.15) is 13.2 Å². The summed E-state index contributed by atoms with van der Waals surface area (Å²) in [5.74, 6) is 4.98. The van der Waals surface area contributed by atoms with Crippen molar-refractivity contribution < 1.29 is 13.2 Å². The minimum absolute atomic E-state index is 0.0118. The second-order valence-corrected chi connectivity index (χ2v) is 3.60. The van der Waals surface area contributed by atoms with Gasteiger partial charge in [-0.25, -0.2) is 0 Å². The summed E-state index contributed by atoms with van der Waals surface area (Å²) in [6, 6.07) is 3.96. The second kappa shape index (κ2) is 4.29. The molecule has 1 aromatic carbocycles. The lowest BCUT2D eigenvalue weighted by molar-refractivity contribution is -0.138. The van der Waals surface area contributed by atoms with Crippen LogP contribution in [-0.4, -0.2) is 0 Å². The van der Waals surface area contributed by atoms with Gasteiger partial charge in [0.15, 0.2) is 0 Å². The highest BCUT2D eigenvalue weighted by molar-refractivity contribution is 9.10. The summed E-state index contributed by atoms with van der Waals surface area (Å²) in [5.41, 5.74) is 1.65. The first-order chi connectivity index (χ1) is 6.45. The molecule has 14 heavy (non-hydrogen) atoms. The first-order valence-corrected chi connectivity index (χ1v) is 4.53. The van der Waals surface area contributed by atoms with E-state index in [4.69, 9.17) is 5.84 Å². The topological polar surface area (TPSA) is 38.0 Å². The predicted octanol–water partition coefficient (Wildman–Crippen LogP) is 2.43. The Morgan fingerprint density at radius 2 is 2.00 bits per heavy atom. The van der Waals surface area contributed by atoms with Gasteiger partial charge in [-0.1, -0.05) is 22.0 Å². The van der Waals surface area contributed by atoms with Gasteiger partial charge in [0, 0.05) is 11.0 Å². The Bertz CT molecular complexity index is 325. The molecule has 0 unspecified atom stereocenters. The molecule has 0 bridgehead atoms. The minimum atomic E-state index is -4.35. The van der Waals surface area contributed by atoms with Crippen molar-refractivity contribution in [2.24, 2.45) is 5.84 Å². The average molecular weight is 269 g/mol. The number of alkyl halides is 3. The van der Waals surface area contributed by atoms with Gasteiger partial charge in [-0.3, -0.25) is 11.3 Å². The maximum absolute atomic E-state index is 12.5. The predicted molar refractivity (Wildman–Crippen MR) is 50.2 cm³/mol. The number of rotatable bonds is 2. The van der Waals surface area contributed by atoms with E-state index < -0.39 is 11.7 Å². The molecule has 0 atom stereocenters. The number of benzene rings is 1. The summed E-state index contributed by atoms with van der Waals surface area (Å²) in [6.07, 6.45) is -4.35. The summed E-state index contributed by atoms with van der Waals surface area (Å²) < 4.78 is 37.8. The number of hydrogen-bond donors (Lipinski definition) is 2. The molecule has 0 radical (unpaired) electrons. The molecule has 78 valence electrons. The van der Waals surface area contributed by atoms with E-state index in [1.54, 1.807) is 6.07 Å². The molecule has 0 aliphatic heterocycles. The third kappa shape index (κ3) is 2.70. The number of halogens is 4. The van der Waals surface area contributed by atoms with Crippen LogP contribution >= 0.6 is 15.9 Å². The third-order valence-electron chi connectivity index (χ3n) is 1.67. The Hall–Kier alpha value is -0.590. The molecule has 6 heteroatoms. The Morgan fingerprint density at radius 1 is 1.36 bits per heavy atom. The largest absolute Gasteiger partial charge is 0.416 e. The van der Waals surface area contributed by atoms with E-state index in [0.717, 1.165) is 6.07 Å². The van der Waals surface area contributed by atoms with E-state index in [1.165, 1.54) is 6.07 Å². The molecule has 0 saturated carbocycles. The van der Waals surface area contributed by atoms with Crippen molar-refractivity contribution in [3.8, 4) is 0 Å². The molecule has 0 amide bonds. The van der Waals surface area contributed by atoms with Crippen molar-refractivity contribution in [3.05, 3.63) is 33.8 Å². The molecule has 0 aliphatic carbocycles. The van der Waals surface area contributed by atoms with Gasteiger partial charge < -0.3 is 0 Å². The highest BCUT2D eigenvalue weighted by Gasteiger charge is 2.33. The van der Waals surface area contributed by atoms with Gasteiger partial charge in [0.1, 0.15) is 0 Å². The maximum Gasteiger partial charge on any atom is 0.416 e. The van der Waals surface area contributed by atoms with E-state index in [1.807, 2.05) is 0 Å². The zero-order valence-corrected chi connectivity index (χ0v) is 8.61. The van der Waals surface area contributed by atoms with Crippen molar-refractivity contribution in [1.82, 2.24) is 5.43 Å². The standard InChI is InChI=1S/C8H8BrF3N2/c9-6-2-1-5(4-14-13)7(3-6)8(10,11)12/h1-3,14H,4,13H2. The van der Waals surface area contributed by atoms with Crippen LogP contribution in [-0.2, 0) is 12.7 Å². The second-order valence-electron chi connectivity index (χ2n) is 2.68.